The lowest BCUT2D eigenvalue weighted by Crippen LogP contribution is -2.43. The number of aryl methyl sites for hydroxylation is 1. The van der Waals surface area contributed by atoms with Gasteiger partial charge in [-0.25, -0.2) is 4.79 Å². The Morgan fingerprint density at radius 2 is 1.47 bits per heavy atom. The number of carbonyl (C=O) groups is 2. The number of carbonyl (C=O) groups excluding carboxylic acids is 2. The summed E-state index contributed by atoms with van der Waals surface area (Å²) in [5, 5.41) is 6.00. The Hall–Kier alpha value is -2.82. The van der Waals surface area contributed by atoms with Gasteiger partial charge in [-0.15, -0.1) is 0 Å². The van der Waals surface area contributed by atoms with Crippen LogP contribution in [0.2, 0.25) is 0 Å². The van der Waals surface area contributed by atoms with Crippen LogP contribution in [0.4, 0.5) is 4.79 Å². The number of nitrogens with one attached hydrogen (secondary N) is 2. The highest BCUT2D eigenvalue weighted by Gasteiger charge is 2.43. The number of amides is 2. The predicted molar refractivity (Wildman–Crippen MR) is 127 cm³/mol. The van der Waals surface area contributed by atoms with E-state index in [-0.39, 0.29) is 24.0 Å². The number of alkyl carbamates (subject to hydrolysis) is 1. The van der Waals surface area contributed by atoms with Gasteiger partial charge in [-0.1, -0.05) is 80.3 Å². The van der Waals surface area contributed by atoms with Gasteiger partial charge in [0.2, 0.25) is 5.91 Å². The average Bonchev–Trinajstić information content (AvgIpc) is 3.31. The molecule has 0 heterocycles. The third kappa shape index (κ3) is 6.59. The van der Waals surface area contributed by atoms with Crippen LogP contribution in [0, 0.1) is 6.92 Å². The molecule has 0 bridgehead atoms. The van der Waals surface area contributed by atoms with Gasteiger partial charge in [0.15, 0.2) is 0 Å². The smallest absolute Gasteiger partial charge is 0.407 e. The Bertz CT molecular complexity index is 860. The fourth-order valence-electron chi connectivity index (χ4n) is 4.65. The molecule has 0 aromatic heterocycles. The van der Waals surface area contributed by atoms with Crippen LogP contribution in [0.5, 0.6) is 0 Å². The molecule has 0 saturated heterocycles. The minimum atomic E-state index is -0.376. The van der Waals surface area contributed by atoms with Gasteiger partial charge >= 0.3 is 6.09 Å². The van der Waals surface area contributed by atoms with Crippen molar-refractivity contribution in [1.29, 1.82) is 0 Å². The Morgan fingerprint density at radius 3 is 2.16 bits per heavy atom. The second kappa shape index (κ2) is 12.3. The van der Waals surface area contributed by atoms with Crippen LogP contribution in [-0.2, 0) is 21.6 Å². The first-order valence-electron chi connectivity index (χ1n) is 11.9. The van der Waals surface area contributed by atoms with Gasteiger partial charge in [0, 0.05) is 13.1 Å². The number of ether oxygens (including phenoxy) is 1. The predicted octanol–water partition coefficient (Wildman–Crippen LogP) is 5.41. The topological polar surface area (TPSA) is 67.4 Å². The molecule has 32 heavy (non-hydrogen) atoms. The molecule has 0 radical (unpaired) electrons. The molecule has 1 aliphatic rings. The molecule has 2 amide bonds. The Balaban J connectivity index is 1.28. The first kappa shape index (κ1) is 23.8. The maximum atomic E-state index is 13.1. The fraction of sp³-hybridized carbons (Fsp3) is 0.481. The minimum Gasteiger partial charge on any atom is -0.445 e. The summed E-state index contributed by atoms with van der Waals surface area (Å²) in [6.07, 6.45) is 7.63. The van der Waals surface area contributed by atoms with E-state index in [2.05, 4.69) is 29.7 Å². The van der Waals surface area contributed by atoms with E-state index in [9.17, 15) is 9.59 Å². The Labute approximate surface area is 191 Å². The third-order valence-electron chi connectivity index (χ3n) is 6.42. The summed E-state index contributed by atoms with van der Waals surface area (Å²) in [5.74, 6) is 0.187. The molecule has 172 valence electrons. The van der Waals surface area contributed by atoms with Crippen LogP contribution in [0.15, 0.2) is 54.6 Å². The van der Waals surface area contributed by atoms with Crippen LogP contribution < -0.4 is 10.6 Å². The van der Waals surface area contributed by atoms with Crippen LogP contribution >= 0.6 is 0 Å². The van der Waals surface area contributed by atoms with Gasteiger partial charge in [-0.2, -0.15) is 0 Å². The molecule has 0 atom stereocenters. The number of hydrogen-bond donors (Lipinski definition) is 2. The third-order valence-corrected chi connectivity index (χ3v) is 6.42. The molecule has 2 N–H and O–H groups in total. The van der Waals surface area contributed by atoms with Crippen LogP contribution in [0.1, 0.15) is 68.1 Å². The zero-order valence-corrected chi connectivity index (χ0v) is 19.2. The van der Waals surface area contributed by atoms with Gasteiger partial charge in [-0.05, 0) is 49.3 Å². The lowest BCUT2D eigenvalue weighted by molar-refractivity contribution is -0.126. The molecule has 1 saturated carbocycles. The lowest BCUT2D eigenvalue weighted by Gasteiger charge is -2.30. The Kier molecular flexibility index (Phi) is 9.14. The van der Waals surface area contributed by atoms with Crippen molar-refractivity contribution in [3.8, 4) is 0 Å². The number of rotatable bonds is 11. The summed E-state index contributed by atoms with van der Waals surface area (Å²) in [6, 6.07) is 18.0. The standard InChI is InChI=1S/C27H36N2O3/c1-22-13-7-8-16-24(22)27(17-9-10-18-27)25(30)28-19-11-2-3-12-20-29-26(31)32-21-23-14-5-4-6-15-23/h4-8,13-16H,2-3,9-12,17-21H2,1H3,(H,28,30)(H,29,31). The number of benzene rings is 2. The molecule has 5 nitrogen and oxygen atoms in total. The van der Waals surface area contributed by atoms with Gasteiger partial charge in [0.05, 0.1) is 5.41 Å². The van der Waals surface area contributed by atoms with E-state index < -0.39 is 0 Å². The molecule has 2 aromatic carbocycles. The molecule has 0 aliphatic heterocycles. The highest BCUT2D eigenvalue weighted by atomic mass is 16.5. The van der Waals surface area contributed by atoms with Crippen LogP contribution in [-0.4, -0.2) is 25.1 Å². The normalized spacial score (nSPS) is 14.7. The lowest BCUT2D eigenvalue weighted by atomic mass is 9.76. The van der Waals surface area contributed by atoms with Crippen molar-refractivity contribution in [1.82, 2.24) is 10.6 Å². The molecular weight excluding hydrogens is 400 g/mol. The monoisotopic (exact) mass is 436 g/mol. The van der Waals surface area contributed by atoms with Gasteiger partial charge in [0.25, 0.3) is 0 Å². The second-order valence-electron chi connectivity index (χ2n) is 8.76. The van der Waals surface area contributed by atoms with Crippen LogP contribution in [0.25, 0.3) is 0 Å². The van der Waals surface area contributed by atoms with Gasteiger partial charge < -0.3 is 15.4 Å². The molecular formula is C27H36N2O3. The summed E-state index contributed by atoms with van der Waals surface area (Å²) in [4.78, 5) is 24.9. The summed E-state index contributed by atoms with van der Waals surface area (Å²) in [5.41, 5.74) is 3.03. The SMILES string of the molecule is Cc1ccccc1C1(C(=O)NCCCCCCNC(=O)OCc2ccccc2)CCCC1. The quantitative estimate of drug-likeness (QED) is 0.463. The summed E-state index contributed by atoms with van der Waals surface area (Å²) in [6.45, 7) is 3.71. The molecule has 2 aromatic rings. The van der Waals surface area contributed by atoms with E-state index in [0.29, 0.717) is 13.1 Å². The summed E-state index contributed by atoms with van der Waals surface area (Å²) < 4.78 is 5.21. The molecule has 3 rings (SSSR count). The number of hydrogen-bond acceptors (Lipinski definition) is 3. The molecule has 5 heteroatoms. The van der Waals surface area contributed by atoms with Crippen molar-refractivity contribution in [2.75, 3.05) is 13.1 Å². The van der Waals surface area contributed by atoms with E-state index in [1.807, 2.05) is 42.5 Å². The van der Waals surface area contributed by atoms with Crippen molar-refractivity contribution < 1.29 is 14.3 Å². The zero-order chi connectivity index (χ0) is 22.7. The van der Waals surface area contributed by atoms with Crippen molar-refractivity contribution in [3.05, 3.63) is 71.3 Å². The highest BCUT2D eigenvalue weighted by Crippen LogP contribution is 2.42. The maximum absolute atomic E-state index is 13.1. The summed E-state index contributed by atoms with van der Waals surface area (Å²) in [7, 11) is 0. The molecule has 1 aliphatic carbocycles. The fourth-order valence-corrected chi connectivity index (χ4v) is 4.65. The first-order chi connectivity index (χ1) is 15.6. The maximum Gasteiger partial charge on any atom is 0.407 e. The van der Waals surface area contributed by atoms with Gasteiger partial charge in [0.1, 0.15) is 6.61 Å². The Morgan fingerprint density at radius 1 is 0.844 bits per heavy atom. The number of unbranched alkanes of at least 4 members (excludes halogenated alkanes) is 3. The second-order valence-corrected chi connectivity index (χ2v) is 8.76. The van der Waals surface area contributed by atoms with E-state index in [1.54, 1.807) is 0 Å². The summed E-state index contributed by atoms with van der Waals surface area (Å²) >= 11 is 0. The van der Waals surface area contributed by atoms with Gasteiger partial charge in [-0.3, -0.25) is 4.79 Å². The van der Waals surface area contributed by atoms with Crippen molar-refractivity contribution in [3.63, 3.8) is 0 Å². The minimum absolute atomic E-state index is 0.187. The molecule has 0 spiro atoms. The van der Waals surface area contributed by atoms with E-state index in [4.69, 9.17) is 4.74 Å². The largest absolute Gasteiger partial charge is 0.445 e. The van der Waals surface area contributed by atoms with Crippen molar-refractivity contribution in [2.45, 2.75) is 70.3 Å². The van der Waals surface area contributed by atoms with Crippen molar-refractivity contribution >= 4 is 12.0 Å². The van der Waals surface area contributed by atoms with Crippen LogP contribution in [0.3, 0.4) is 0 Å². The molecule has 1 fully saturated rings. The molecule has 0 unspecified atom stereocenters. The van der Waals surface area contributed by atoms with Crippen molar-refractivity contribution in [2.24, 2.45) is 0 Å². The first-order valence-corrected chi connectivity index (χ1v) is 11.9. The zero-order valence-electron chi connectivity index (χ0n) is 19.2. The average molecular weight is 437 g/mol. The van der Waals surface area contributed by atoms with E-state index >= 15 is 0 Å². The van der Waals surface area contributed by atoms with E-state index in [1.165, 1.54) is 11.1 Å². The highest BCUT2D eigenvalue weighted by molar-refractivity contribution is 5.89. The van der Waals surface area contributed by atoms with E-state index in [0.717, 1.165) is 56.9 Å².